The number of nitro groups is 1. The third-order valence-corrected chi connectivity index (χ3v) is 5.28. The number of rotatable bonds is 2. The molecule has 0 amide bonds. The van der Waals surface area contributed by atoms with Gasteiger partial charge in [-0.3, -0.25) is 14.9 Å². The van der Waals surface area contributed by atoms with Crippen LogP contribution in [0.15, 0.2) is 32.5 Å². The summed E-state index contributed by atoms with van der Waals surface area (Å²) in [7, 11) is 1.57. The molecule has 134 valence electrons. The SMILES string of the molecule is Cn1oc(=O)c2c1N=C1CCCC(=O)C1C2c1ccc(Cl)c([N+](=O)[O-])c1. The topological polar surface area (TPSA) is 108 Å². The van der Waals surface area contributed by atoms with E-state index >= 15 is 0 Å². The highest BCUT2D eigenvalue weighted by atomic mass is 35.5. The Kier molecular flexibility index (Phi) is 3.80. The lowest BCUT2D eigenvalue weighted by Crippen LogP contribution is -2.37. The zero-order valence-corrected chi connectivity index (χ0v) is 14.5. The summed E-state index contributed by atoms with van der Waals surface area (Å²) < 4.78 is 6.42. The Bertz CT molecular complexity index is 1040. The fourth-order valence-electron chi connectivity index (χ4n) is 3.84. The fourth-order valence-corrected chi connectivity index (χ4v) is 4.03. The molecule has 0 radical (unpaired) electrons. The van der Waals surface area contributed by atoms with Crippen molar-refractivity contribution >= 4 is 34.6 Å². The number of Topliss-reactive ketones (excluding diaryl/α,β-unsaturated/α-hetero) is 1. The van der Waals surface area contributed by atoms with Crippen LogP contribution in [0.2, 0.25) is 5.02 Å². The van der Waals surface area contributed by atoms with E-state index in [-0.39, 0.29) is 22.1 Å². The average Bonchev–Trinajstić information content (AvgIpc) is 2.88. The van der Waals surface area contributed by atoms with Gasteiger partial charge < -0.3 is 4.52 Å². The number of carbonyl (C=O) groups is 1. The highest BCUT2D eigenvalue weighted by Crippen LogP contribution is 2.45. The number of aromatic nitrogens is 1. The molecule has 26 heavy (non-hydrogen) atoms. The van der Waals surface area contributed by atoms with Gasteiger partial charge in [-0.05, 0) is 24.5 Å². The minimum Gasteiger partial charge on any atom is -0.334 e. The molecule has 1 aliphatic carbocycles. The first kappa shape index (κ1) is 16.7. The van der Waals surface area contributed by atoms with Gasteiger partial charge in [-0.15, -0.1) is 0 Å². The Morgan fingerprint density at radius 3 is 2.81 bits per heavy atom. The van der Waals surface area contributed by atoms with Gasteiger partial charge in [-0.1, -0.05) is 17.7 Å². The van der Waals surface area contributed by atoms with Crippen LogP contribution in [-0.2, 0) is 11.8 Å². The van der Waals surface area contributed by atoms with Gasteiger partial charge in [0.05, 0.1) is 16.4 Å². The largest absolute Gasteiger partial charge is 0.363 e. The van der Waals surface area contributed by atoms with E-state index in [1.807, 2.05) is 0 Å². The summed E-state index contributed by atoms with van der Waals surface area (Å²) in [5.74, 6) is -0.939. The van der Waals surface area contributed by atoms with Crippen LogP contribution in [0, 0.1) is 16.0 Å². The molecule has 2 heterocycles. The van der Waals surface area contributed by atoms with Crippen molar-refractivity contribution in [2.75, 3.05) is 0 Å². The van der Waals surface area contributed by atoms with E-state index in [9.17, 15) is 19.7 Å². The molecule has 4 rings (SSSR count). The van der Waals surface area contributed by atoms with Crippen LogP contribution in [0.3, 0.4) is 0 Å². The van der Waals surface area contributed by atoms with Crippen LogP contribution in [0.5, 0.6) is 0 Å². The Hall–Kier alpha value is -2.74. The van der Waals surface area contributed by atoms with Gasteiger partial charge >= 0.3 is 5.63 Å². The molecule has 2 aliphatic rings. The minimum atomic E-state index is -0.668. The third-order valence-electron chi connectivity index (χ3n) is 4.96. The molecule has 2 atom stereocenters. The Morgan fingerprint density at radius 2 is 2.08 bits per heavy atom. The van der Waals surface area contributed by atoms with Crippen LogP contribution >= 0.6 is 11.6 Å². The number of ketones is 1. The number of aryl methyl sites for hydroxylation is 1. The van der Waals surface area contributed by atoms with Gasteiger partial charge in [0, 0.05) is 31.2 Å². The van der Waals surface area contributed by atoms with E-state index in [0.717, 1.165) is 0 Å². The van der Waals surface area contributed by atoms with Gasteiger partial charge in [0.1, 0.15) is 10.8 Å². The minimum absolute atomic E-state index is 0.00117. The van der Waals surface area contributed by atoms with Crippen molar-refractivity contribution < 1.29 is 14.2 Å². The Balaban J connectivity index is 1.98. The van der Waals surface area contributed by atoms with E-state index in [0.29, 0.717) is 36.4 Å². The summed E-state index contributed by atoms with van der Waals surface area (Å²) in [4.78, 5) is 40.2. The summed E-state index contributed by atoms with van der Waals surface area (Å²) in [5, 5.41) is 11.3. The van der Waals surface area contributed by atoms with E-state index in [1.54, 1.807) is 13.1 Å². The van der Waals surface area contributed by atoms with Gasteiger partial charge in [0.2, 0.25) is 0 Å². The van der Waals surface area contributed by atoms with Crippen LogP contribution in [0.4, 0.5) is 11.5 Å². The molecule has 1 saturated carbocycles. The maximum Gasteiger partial charge on any atom is 0.363 e. The molecular formula is C17H14ClN3O5. The van der Waals surface area contributed by atoms with Crippen LogP contribution < -0.4 is 5.63 Å². The molecule has 2 unspecified atom stereocenters. The number of benzene rings is 1. The molecule has 0 bridgehead atoms. The first-order chi connectivity index (χ1) is 12.4. The van der Waals surface area contributed by atoms with Crippen molar-refractivity contribution in [3.63, 3.8) is 0 Å². The highest BCUT2D eigenvalue weighted by molar-refractivity contribution is 6.32. The molecule has 0 N–H and O–H groups in total. The molecule has 0 spiro atoms. The maximum absolute atomic E-state index is 12.6. The zero-order chi connectivity index (χ0) is 18.6. The first-order valence-corrected chi connectivity index (χ1v) is 8.50. The van der Waals surface area contributed by atoms with Crippen molar-refractivity contribution in [3.05, 3.63) is 54.9 Å². The van der Waals surface area contributed by atoms with Crippen molar-refractivity contribution in [1.29, 1.82) is 0 Å². The number of fused-ring (bicyclic) bond motifs is 2. The average molecular weight is 376 g/mol. The molecule has 8 nitrogen and oxygen atoms in total. The van der Waals surface area contributed by atoms with Crippen molar-refractivity contribution in [1.82, 2.24) is 4.74 Å². The number of hydrogen-bond acceptors (Lipinski definition) is 6. The van der Waals surface area contributed by atoms with E-state index < -0.39 is 22.4 Å². The Labute approximate surface area is 152 Å². The summed E-state index contributed by atoms with van der Waals surface area (Å²) in [6.07, 6.45) is 1.73. The van der Waals surface area contributed by atoms with Crippen LogP contribution in [0.25, 0.3) is 0 Å². The lowest BCUT2D eigenvalue weighted by molar-refractivity contribution is -0.384. The number of carbonyl (C=O) groups excluding carboxylic acids is 1. The second-order valence-electron chi connectivity index (χ2n) is 6.46. The lowest BCUT2D eigenvalue weighted by Gasteiger charge is -2.33. The summed E-state index contributed by atoms with van der Waals surface area (Å²) >= 11 is 5.92. The van der Waals surface area contributed by atoms with Gasteiger partial charge in [0.25, 0.3) is 5.69 Å². The molecule has 0 saturated heterocycles. The van der Waals surface area contributed by atoms with Crippen LogP contribution in [0.1, 0.15) is 36.3 Å². The quantitative estimate of drug-likeness (QED) is 0.591. The van der Waals surface area contributed by atoms with Gasteiger partial charge in [0.15, 0.2) is 5.82 Å². The van der Waals surface area contributed by atoms with E-state index in [1.165, 1.54) is 16.9 Å². The second-order valence-corrected chi connectivity index (χ2v) is 6.87. The van der Waals surface area contributed by atoms with Crippen LogP contribution in [-0.4, -0.2) is 21.2 Å². The van der Waals surface area contributed by atoms with Gasteiger partial charge in [-0.25, -0.2) is 9.79 Å². The maximum atomic E-state index is 12.6. The first-order valence-electron chi connectivity index (χ1n) is 8.12. The monoisotopic (exact) mass is 375 g/mol. The molecule has 2 aromatic rings. The summed E-state index contributed by atoms with van der Waals surface area (Å²) in [6, 6.07) is 4.35. The normalized spacial score (nSPS) is 21.8. The number of aliphatic imine (C=N–C) groups is 1. The van der Waals surface area contributed by atoms with E-state index in [4.69, 9.17) is 16.1 Å². The van der Waals surface area contributed by atoms with Crippen molar-refractivity contribution in [3.8, 4) is 0 Å². The predicted octanol–water partition coefficient (Wildman–Crippen LogP) is 3.13. The van der Waals surface area contributed by atoms with E-state index in [2.05, 4.69) is 4.99 Å². The highest BCUT2D eigenvalue weighted by Gasteiger charge is 2.44. The third kappa shape index (κ3) is 2.40. The molecule has 1 aromatic carbocycles. The van der Waals surface area contributed by atoms with Crippen molar-refractivity contribution in [2.45, 2.75) is 25.2 Å². The number of nitro benzene ring substituents is 1. The smallest absolute Gasteiger partial charge is 0.334 e. The zero-order valence-electron chi connectivity index (χ0n) is 13.8. The summed E-state index contributed by atoms with van der Waals surface area (Å²) in [5.41, 5.74) is 0.569. The predicted molar refractivity (Wildman–Crippen MR) is 93.3 cm³/mol. The number of halogens is 1. The summed E-state index contributed by atoms with van der Waals surface area (Å²) in [6.45, 7) is 0. The second kappa shape index (κ2) is 5.91. The lowest BCUT2D eigenvalue weighted by atomic mass is 9.70. The fraction of sp³-hybridized carbons (Fsp3) is 0.353. The van der Waals surface area contributed by atoms with Crippen molar-refractivity contribution in [2.24, 2.45) is 18.0 Å². The molecular weight excluding hydrogens is 362 g/mol. The number of hydrogen-bond donors (Lipinski definition) is 0. The molecule has 1 aromatic heterocycles. The molecule has 9 heteroatoms. The molecule has 1 fully saturated rings. The van der Waals surface area contributed by atoms with Gasteiger partial charge in [-0.2, -0.15) is 4.74 Å². The number of nitrogens with zero attached hydrogens (tertiary/aromatic N) is 3. The Morgan fingerprint density at radius 1 is 1.31 bits per heavy atom. The standard InChI is InChI=1S/C17H14ClN3O5/c1-20-16-15(17(23)26-20)13(14-10(19-16)3-2-4-12(14)22)8-5-6-9(18)11(7-8)21(24)25/h5-7,13-14H,2-4H2,1H3. The molecule has 1 aliphatic heterocycles.